The Morgan fingerprint density at radius 2 is 1.90 bits per heavy atom. The summed E-state index contributed by atoms with van der Waals surface area (Å²) in [4.78, 5) is 12.2. The van der Waals surface area contributed by atoms with Crippen LogP contribution in [0.2, 0.25) is 0 Å². The van der Waals surface area contributed by atoms with E-state index in [1.807, 2.05) is 6.92 Å². The highest BCUT2D eigenvalue weighted by Crippen LogP contribution is 2.25. The van der Waals surface area contributed by atoms with Crippen LogP contribution in [0.3, 0.4) is 0 Å². The van der Waals surface area contributed by atoms with Gasteiger partial charge >= 0.3 is 12.1 Å². The van der Waals surface area contributed by atoms with Crippen LogP contribution in [0, 0.1) is 0 Å². The molecule has 1 rings (SSSR count). The SMILES string of the molecule is CCSCCN(C(=O)C(F)(F)F)c1ccc(OC)cc1. The number of methoxy groups -OCH3 is 1. The van der Waals surface area contributed by atoms with E-state index in [0.717, 1.165) is 10.7 Å². The molecule has 0 atom stereocenters. The van der Waals surface area contributed by atoms with Crippen LogP contribution >= 0.6 is 11.8 Å². The third-order valence-electron chi connectivity index (χ3n) is 2.54. The standard InChI is InChI=1S/C13H16F3NO2S/c1-3-20-9-8-17(12(18)13(14,15)16)10-4-6-11(19-2)7-5-10/h4-7H,3,8-9H2,1-2H3. The largest absolute Gasteiger partial charge is 0.497 e. The number of carbonyl (C=O) groups excluding carboxylic acids is 1. The minimum Gasteiger partial charge on any atom is -0.497 e. The van der Waals surface area contributed by atoms with Crippen molar-refractivity contribution in [2.75, 3.05) is 30.1 Å². The van der Waals surface area contributed by atoms with E-state index in [0.29, 0.717) is 11.5 Å². The summed E-state index contributed by atoms with van der Waals surface area (Å²) >= 11 is 1.48. The van der Waals surface area contributed by atoms with Crippen LogP contribution in [0.5, 0.6) is 5.75 Å². The Labute approximate surface area is 120 Å². The molecule has 0 spiro atoms. The maximum atomic E-state index is 12.6. The summed E-state index contributed by atoms with van der Waals surface area (Å²) in [5, 5.41) is 0. The van der Waals surface area contributed by atoms with Crippen LogP contribution < -0.4 is 9.64 Å². The fourth-order valence-corrected chi connectivity index (χ4v) is 2.16. The Balaban J connectivity index is 2.93. The second kappa shape index (κ2) is 7.42. The van der Waals surface area contributed by atoms with E-state index < -0.39 is 12.1 Å². The van der Waals surface area contributed by atoms with Gasteiger partial charge in [-0.2, -0.15) is 24.9 Å². The summed E-state index contributed by atoms with van der Waals surface area (Å²) < 4.78 is 42.8. The van der Waals surface area contributed by atoms with E-state index >= 15 is 0 Å². The fraction of sp³-hybridized carbons (Fsp3) is 0.462. The first-order valence-electron chi connectivity index (χ1n) is 6.00. The highest BCUT2D eigenvalue weighted by Gasteiger charge is 2.42. The van der Waals surface area contributed by atoms with Gasteiger partial charge in [0, 0.05) is 18.0 Å². The van der Waals surface area contributed by atoms with Gasteiger partial charge in [-0.3, -0.25) is 4.79 Å². The lowest BCUT2D eigenvalue weighted by molar-refractivity contribution is -0.170. The molecule has 0 fully saturated rings. The molecule has 112 valence electrons. The number of carbonyl (C=O) groups is 1. The summed E-state index contributed by atoms with van der Waals surface area (Å²) in [6.45, 7) is 1.93. The predicted octanol–water partition coefficient (Wildman–Crippen LogP) is 3.34. The molecule has 1 aromatic carbocycles. The molecule has 0 heterocycles. The zero-order valence-corrected chi connectivity index (χ0v) is 12.1. The average molecular weight is 307 g/mol. The van der Waals surface area contributed by atoms with Crippen molar-refractivity contribution in [1.29, 1.82) is 0 Å². The zero-order chi connectivity index (χ0) is 15.2. The first-order valence-corrected chi connectivity index (χ1v) is 7.16. The van der Waals surface area contributed by atoms with Crippen molar-refractivity contribution in [3.63, 3.8) is 0 Å². The third-order valence-corrected chi connectivity index (χ3v) is 3.41. The van der Waals surface area contributed by atoms with Crippen LogP contribution in [0.4, 0.5) is 18.9 Å². The molecule has 0 radical (unpaired) electrons. The molecule has 0 aliphatic rings. The van der Waals surface area contributed by atoms with E-state index in [1.165, 1.54) is 43.1 Å². The number of thioether (sulfide) groups is 1. The smallest absolute Gasteiger partial charge is 0.471 e. The predicted molar refractivity (Wildman–Crippen MR) is 74.4 cm³/mol. The second-order valence-electron chi connectivity index (χ2n) is 3.85. The molecule has 0 N–H and O–H groups in total. The maximum absolute atomic E-state index is 12.6. The molecular weight excluding hydrogens is 291 g/mol. The summed E-state index contributed by atoms with van der Waals surface area (Å²) in [6, 6.07) is 5.94. The van der Waals surface area contributed by atoms with Gasteiger partial charge in [0.2, 0.25) is 0 Å². The zero-order valence-electron chi connectivity index (χ0n) is 11.2. The summed E-state index contributed by atoms with van der Waals surface area (Å²) in [5.74, 6) is -0.0865. The number of hydrogen-bond acceptors (Lipinski definition) is 3. The van der Waals surface area contributed by atoms with Gasteiger partial charge in [-0.25, -0.2) is 0 Å². The molecule has 20 heavy (non-hydrogen) atoms. The Hall–Kier alpha value is -1.37. The third kappa shape index (κ3) is 4.63. The number of benzene rings is 1. The Bertz CT molecular complexity index is 434. The van der Waals surface area contributed by atoms with Crippen LogP contribution in [-0.2, 0) is 4.79 Å². The molecule has 0 saturated heterocycles. The fourth-order valence-electron chi connectivity index (χ4n) is 1.56. The van der Waals surface area contributed by atoms with E-state index in [4.69, 9.17) is 4.74 Å². The van der Waals surface area contributed by atoms with Crippen LogP contribution in [0.1, 0.15) is 6.92 Å². The minimum absolute atomic E-state index is 0.0170. The van der Waals surface area contributed by atoms with Gasteiger partial charge in [0.1, 0.15) is 5.75 Å². The van der Waals surface area contributed by atoms with Crippen molar-refractivity contribution in [3.8, 4) is 5.75 Å². The number of rotatable bonds is 6. The Morgan fingerprint density at radius 3 is 2.35 bits per heavy atom. The molecule has 1 aromatic rings. The van der Waals surface area contributed by atoms with E-state index in [1.54, 1.807) is 0 Å². The first-order chi connectivity index (χ1) is 9.40. The van der Waals surface area contributed by atoms with Gasteiger partial charge in [0.15, 0.2) is 0 Å². The summed E-state index contributed by atoms with van der Waals surface area (Å²) in [5.41, 5.74) is 0.213. The molecule has 0 aromatic heterocycles. The highest BCUT2D eigenvalue weighted by atomic mass is 32.2. The van der Waals surface area contributed by atoms with Crippen molar-refractivity contribution in [1.82, 2.24) is 0 Å². The van der Waals surface area contributed by atoms with Crippen molar-refractivity contribution in [2.45, 2.75) is 13.1 Å². The average Bonchev–Trinajstić information content (AvgIpc) is 2.42. The number of anilines is 1. The van der Waals surface area contributed by atoms with Crippen LogP contribution in [-0.4, -0.2) is 37.2 Å². The van der Waals surface area contributed by atoms with Crippen molar-refractivity contribution >= 4 is 23.4 Å². The number of amides is 1. The van der Waals surface area contributed by atoms with Crippen molar-refractivity contribution in [2.24, 2.45) is 0 Å². The summed E-state index contributed by atoms with van der Waals surface area (Å²) in [6.07, 6.45) is -4.88. The highest BCUT2D eigenvalue weighted by molar-refractivity contribution is 7.99. The lowest BCUT2D eigenvalue weighted by Gasteiger charge is -2.23. The van der Waals surface area contributed by atoms with Gasteiger partial charge in [0.05, 0.1) is 7.11 Å². The molecule has 1 amide bonds. The molecule has 3 nitrogen and oxygen atoms in total. The normalized spacial score (nSPS) is 11.2. The lowest BCUT2D eigenvalue weighted by Crippen LogP contribution is -2.42. The molecule has 0 bridgehead atoms. The minimum atomic E-state index is -4.88. The van der Waals surface area contributed by atoms with Crippen molar-refractivity contribution < 1.29 is 22.7 Å². The topological polar surface area (TPSA) is 29.5 Å². The molecule has 0 saturated carbocycles. The number of hydrogen-bond donors (Lipinski definition) is 0. The van der Waals surface area contributed by atoms with Gasteiger partial charge in [0.25, 0.3) is 0 Å². The Morgan fingerprint density at radius 1 is 1.30 bits per heavy atom. The molecule has 0 unspecified atom stereocenters. The van der Waals surface area contributed by atoms with E-state index in [9.17, 15) is 18.0 Å². The molecular formula is C13H16F3NO2S. The second-order valence-corrected chi connectivity index (χ2v) is 5.24. The van der Waals surface area contributed by atoms with Gasteiger partial charge in [-0.15, -0.1) is 0 Å². The number of ether oxygens (including phenoxy) is 1. The molecule has 0 aliphatic heterocycles. The van der Waals surface area contributed by atoms with Crippen LogP contribution in [0.15, 0.2) is 24.3 Å². The van der Waals surface area contributed by atoms with Crippen LogP contribution in [0.25, 0.3) is 0 Å². The van der Waals surface area contributed by atoms with Gasteiger partial charge < -0.3 is 9.64 Å². The number of halogens is 3. The molecule has 7 heteroatoms. The maximum Gasteiger partial charge on any atom is 0.471 e. The lowest BCUT2D eigenvalue weighted by atomic mass is 10.2. The van der Waals surface area contributed by atoms with Crippen molar-refractivity contribution in [3.05, 3.63) is 24.3 Å². The van der Waals surface area contributed by atoms with E-state index in [2.05, 4.69) is 0 Å². The van der Waals surface area contributed by atoms with Gasteiger partial charge in [-0.05, 0) is 30.0 Å². The van der Waals surface area contributed by atoms with E-state index in [-0.39, 0.29) is 12.2 Å². The number of alkyl halides is 3. The van der Waals surface area contributed by atoms with Gasteiger partial charge in [-0.1, -0.05) is 6.92 Å². The molecule has 0 aliphatic carbocycles. The first kappa shape index (κ1) is 16.7. The quantitative estimate of drug-likeness (QED) is 0.755. The number of nitrogens with zero attached hydrogens (tertiary/aromatic N) is 1. The Kier molecular flexibility index (Phi) is 6.19. The summed E-state index contributed by atoms with van der Waals surface area (Å²) in [7, 11) is 1.46. The monoisotopic (exact) mass is 307 g/mol.